The lowest BCUT2D eigenvalue weighted by atomic mass is 10.1. The van der Waals surface area contributed by atoms with Gasteiger partial charge in [0, 0.05) is 18.8 Å². The number of carbonyl (C=O) groups is 3. The quantitative estimate of drug-likeness (QED) is 0.351. The lowest BCUT2D eigenvalue weighted by molar-refractivity contribution is -0.142. The van der Waals surface area contributed by atoms with Gasteiger partial charge in [-0.2, -0.15) is 0 Å². The van der Waals surface area contributed by atoms with Gasteiger partial charge in [0.05, 0.1) is 12.6 Å². The average molecular weight is 400 g/mol. The molecule has 6 N–H and O–H groups in total. The molecular weight excluding hydrogens is 376 g/mol. The molecule has 9 heteroatoms. The average Bonchev–Trinajstić information content (AvgIpc) is 2.72. The van der Waals surface area contributed by atoms with E-state index in [4.69, 9.17) is 5.73 Å². The first kappa shape index (κ1) is 22.0. The van der Waals surface area contributed by atoms with Crippen molar-refractivity contribution in [3.8, 4) is 0 Å². The Hall–Kier alpha value is -3.30. The van der Waals surface area contributed by atoms with Crippen molar-refractivity contribution in [1.82, 2.24) is 15.6 Å². The molecule has 0 spiro atoms. The Balaban J connectivity index is 1.95. The molecule has 1 heterocycles. The summed E-state index contributed by atoms with van der Waals surface area (Å²) >= 11 is 0. The highest BCUT2D eigenvalue weighted by molar-refractivity contribution is 5.92. The number of benzene rings is 1. The van der Waals surface area contributed by atoms with Crippen molar-refractivity contribution >= 4 is 17.8 Å². The molecule has 9 nitrogen and oxygen atoms in total. The number of carboxylic acid groups (broad SMARTS) is 1. The second-order valence-electron chi connectivity index (χ2n) is 6.50. The van der Waals surface area contributed by atoms with Crippen molar-refractivity contribution in [2.45, 2.75) is 31.0 Å². The number of pyridine rings is 1. The maximum atomic E-state index is 12.4. The van der Waals surface area contributed by atoms with Gasteiger partial charge in [-0.3, -0.25) is 14.6 Å². The molecule has 0 radical (unpaired) electrons. The smallest absolute Gasteiger partial charge is 0.326 e. The monoisotopic (exact) mass is 400 g/mol. The van der Waals surface area contributed by atoms with Gasteiger partial charge in [-0.15, -0.1) is 0 Å². The molecule has 3 atom stereocenters. The third-order valence-electron chi connectivity index (χ3n) is 4.23. The lowest BCUT2D eigenvalue weighted by Crippen LogP contribution is -2.56. The zero-order valence-electron chi connectivity index (χ0n) is 15.7. The minimum absolute atomic E-state index is 0.0640. The summed E-state index contributed by atoms with van der Waals surface area (Å²) in [6.07, 6.45) is 3.43. The second-order valence-corrected chi connectivity index (χ2v) is 6.50. The van der Waals surface area contributed by atoms with Crippen LogP contribution in [0.5, 0.6) is 0 Å². The largest absolute Gasteiger partial charge is 0.480 e. The Bertz CT molecular complexity index is 816. The van der Waals surface area contributed by atoms with E-state index in [9.17, 15) is 24.6 Å². The number of hydrogen-bond acceptors (Lipinski definition) is 6. The number of carbonyl (C=O) groups excluding carboxylic acids is 2. The molecule has 0 aliphatic heterocycles. The van der Waals surface area contributed by atoms with Crippen molar-refractivity contribution in [3.63, 3.8) is 0 Å². The van der Waals surface area contributed by atoms with E-state index in [1.54, 1.807) is 54.9 Å². The van der Waals surface area contributed by atoms with E-state index in [2.05, 4.69) is 15.6 Å². The van der Waals surface area contributed by atoms with E-state index in [1.165, 1.54) is 0 Å². The number of nitrogens with zero attached hydrogens (tertiary/aromatic N) is 1. The molecule has 0 bridgehead atoms. The molecule has 1 aromatic carbocycles. The number of aromatic nitrogens is 1. The Morgan fingerprint density at radius 1 is 0.931 bits per heavy atom. The van der Waals surface area contributed by atoms with Gasteiger partial charge in [0.2, 0.25) is 11.8 Å². The molecule has 29 heavy (non-hydrogen) atoms. The topological polar surface area (TPSA) is 155 Å². The maximum absolute atomic E-state index is 12.4. The summed E-state index contributed by atoms with van der Waals surface area (Å²) in [7, 11) is 0. The van der Waals surface area contributed by atoms with Crippen LogP contribution < -0.4 is 16.4 Å². The molecule has 1 aromatic heterocycles. The van der Waals surface area contributed by atoms with Crippen LogP contribution in [-0.2, 0) is 27.2 Å². The number of carboxylic acids is 1. The van der Waals surface area contributed by atoms with E-state index >= 15 is 0 Å². The van der Waals surface area contributed by atoms with Crippen molar-refractivity contribution in [2.24, 2.45) is 5.73 Å². The van der Waals surface area contributed by atoms with Crippen LogP contribution in [-0.4, -0.2) is 57.7 Å². The van der Waals surface area contributed by atoms with Gasteiger partial charge in [0.1, 0.15) is 12.1 Å². The molecular formula is C20H24N4O5. The van der Waals surface area contributed by atoms with Crippen molar-refractivity contribution in [3.05, 3.63) is 66.0 Å². The zero-order valence-corrected chi connectivity index (χ0v) is 15.7. The first-order valence-corrected chi connectivity index (χ1v) is 9.03. The number of nitrogens with two attached hydrogens (primary N) is 1. The van der Waals surface area contributed by atoms with Gasteiger partial charge in [-0.25, -0.2) is 4.79 Å². The van der Waals surface area contributed by atoms with Crippen LogP contribution in [0.3, 0.4) is 0 Å². The Morgan fingerprint density at radius 2 is 1.59 bits per heavy atom. The highest BCUT2D eigenvalue weighted by Crippen LogP contribution is 2.04. The van der Waals surface area contributed by atoms with Crippen LogP contribution in [0.4, 0.5) is 0 Å². The zero-order chi connectivity index (χ0) is 21.2. The van der Waals surface area contributed by atoms with Gasteiger partial charge in [-0.05, 0) is 23.6 Å². The number of aliphatic carboxylic acids is 1. The molecule has 0 aliphatic carbocycles. The van der Waals surface area contributed by atoms with Crippen LogP contribution in [0.2, 0.25) is 0 Å². The van der Waals surface area contributed by atoms with Crippen molar-refractivity contribution < 1.29 is 24.6 Å². The second kappa shape index (κ2) is 10.9. The highest BCUT2D eigenvalue weighted by Gasteiger charge is 2.27. The summed E-state index contributed by atoms with van der Waals surface area (Å²) in [5.41, 5.74) is 7.33. The maximum Gasteiger partial charge on any atom is 0.326 e. The fraction of sp³-hybridized carbons (Fsp3) is 0.300. The summed E-state index contributed by atoms with van der Waals surface area (Å²) in [5, 5.41) is 23.6. The Morgan fingerprint density at radius 3 is 2.17 bits per heavy atom. The fourth-order valence-electron chi connectivity index (χ4n) is 2.66. The first-order chi connectivity index (χ1) is 13.9. The standard InChI is InChI=1S/C20H24N4O5/c21-15(9-14-7-4-8-22-11-14)18(26)24-17(12-25)19(27)23-16(20(28)29)10-13-5-2-1-3-6-13/h1-8,11,15-17,25H,9-10,12,21H2,(H,23,27)(H,24,26)(H,28,29)/t15-,16-,17-/m0/s1. The van der Waals surface area contributed by atoms with Crippen LogP contribution in [0.15, 0.2) is 54.9 Å². The highest BCUT2D eigenvalue weighted by atomic mass is 16.4. The van der Waals surface area contributed by atoms with E-state index < -0.39 is 42.5 Å². The third-order valence-corrected chi connectivity index (χ3v) is 4.23. The van der Waals surface area contributed by atoms with E-state index in [-0.39, 0.29) is 12.8 Å². The normalized spacial score (nSPS) is 13.7. The molecule has 2 rings (SSSR count). The fourth-order valence-corrected chi connectivity index (χ4v) is 2.66. The molecule has 2 amide bonds. The van der Waals surface area contributed by atoms with Gasteiger partial charge >= 0.3 is 5.97 Å². The number of hydrogen-bond donors (Lipinski definition) is 5. The van der Waals surface area contributed by atoms with Crippen LogP contribution in [0.25, 0.3) is 0 Å². The molecule has 0 saturated heterocycles. The van der Waals surface area contributed by atoms with Crippen molar-refractivity contribution in [1.29, 1.82) is 0 Å². The Labute approximate surface area is 168 Å². The lowest BCUT2D eigenvalue weighted by Gasteiger charge is -2.21. The predicted molar refractivity (Wildman–Crippen MR) is 105 cm³/mol. The first-order valence-electron chi connectivity index (χ1n) is 9.03. The SMILES string of the molecule is N[C@@H](Cc1cccnc1)C(=O)N[C@@H](CO)C(=O)N[C@@H](Cc1ccccc1)C(=O)O. The van der Waals surface area contributed by atoms with Crippen LogP contribution in [0.1, 0.15) is 11.1 Å². The summed E-state index contributed by atoms with van der Waals surface area (Å²) in [6.45, 7) is -0.700. The minimum Gasteiger partial charge on any atom is -0.480 e. The van der Waals surface area contributed by atoms with Gasteiger partial charge in [-0.1, -0.05) is 36.4 Å². The Kier molecular flexibility index (Phi) is 8.26. The van der Waals surface area contributed by atoms with E-state index in [0.29, 0.717) is 0 Å². The molecule has 0 aliphatic rings. The predicted octanol–water partition coefficient (Wildman–Crippen LogP) is -0.759. The number of amides is 2. The van der Waals surface area contributed by atoms with Crippen LogP contribution >= 0.6 is 0 Å². The molecule has 2 aromatic rings. The van der Waals surface area contributed by atoms with Gasteiger partial charge in [0.25, 0.3) is 0 Å². The summed E-state index contributed by atoms with van der Waals surface area (Å²) in [5.74, 6) is -2.67. The van der Waals surface area contributed by atoms with E-state index in [1.807, 2.05) is 0 Å². The molecule has 0 unspecified atom stereocenters. The number of aliphatic hydroxyl groups is 1. The third kappa shape index (κ3) is 6.98. The summed E-state index contributed by atoms with van der Waals surface area (Å²) in [6, 6.07) is 8.78. The van der Waals surface area contributed by atoms with Gasteiger partial charge < -0.3 is 26.6 Å². The number of rotatable bonds is 10. The van der Waals surface area contributed by atoms with Gasteiger partial charge in [0.15, 0.2) is 0 Å². The summed E-state index contributed by atoms with van der Waals surface area (Å²) in [4.78, 5) is 40.1. The summed E-state index contributed by atoms with van der Waals surface area (Å²) < 4.78 is 0. The number of aliphatic hydroxyl groups excluding tert-OH is 1. The van der Waals surface area contributed by atoms with Crippen molar-refractivity contribution in [2.75, 3.05) is 6.61 Å². The molecule has 0 fully saturated rings. The van der Waals surface area contributed by atoms with E-state index in [0.717, 1.165) is 11.1 Å². The minimum atomic E-state index is -1.32. The van der Waals surface area contributed by atoms with Crippen LogP contribution in [0, 0.1) is 0 Å². The molecule has 0 saturated carbocycles. The molecule has 154 valence electrons. The number of nitrogens with one attached hydrogen (secondary N) is 2.